The molecule has 0 aliphatic rings. The lowest BCUT2D eigenvalue weighted by Crippen LogP contribution is -2.48. The number of ether oxygens (including phenoxy) is 1. The molecule has 0 spiro atoms. The first-order valence-electron chi connectivity index (χ1n) is 9.76. The highest BCUT2D eigenvalue weighted by Gasteiger charge is 2.14. The summed E-state index contributed by atoms with van der Waals surface area (Å²) in [4.78, 5) is 24.2. The average Bonchev–Trinajstić information content (AvgIpc) is 2.73. The molecule has 2 aromatic carbocycles. The average molecular weight is 414 g/mol. The maximum absolute atomic E-state index is 12.5. The maximum atomic E-state index is 12.5. The third kappa shape index (κ3) is 8.31. The van der Waals surface area contributed by atoms with Crippen LogP contribution in [-0.2, 0) is 11.2 Å². The second-order valence-corrected chi connectivity index (χ2v) is 6.90. The van der Waals surface area contributed by atoms with Gasteiger partial charge in [-0.25, -0.2) is 0 Å². The molecule has 2 aromatic rings. The standard InChI is InChI=1S/C22H27N3O3S/c1-2-3-5-14-20(26)24-25-22(29)23-21(27)18-12-8-9-13-19(18)28-16-15-17-10-6-4-7-11-17/h4,6-13H,2-3,5,14-16H2,1H3,(H,24,26)(H2,23,25,27,29). The summed E-state index contributed by atoms with van der Waals surface area (Å²) in [6.45, 7) is 2.52. The highest BCUT2D eigenvalue weighted by Crippen LogP contribution is 2.18. The lowest BCUT2D eigenvalue weighted by atomic mass is 10.1. The molecular weight excluding hydrogens is 386 g/mol. The van der Waals surface area contributed by atoms with Crippen molar-refractivity contribution in [3.8, 4) is 5.75 Å². The monoisotopic (exact) mass is 413 g/mol. The van der Waals surface area contributed by atoms with Gasteiger partial charge in [0.2, 0.25) is 5.91 Å². The first-order chi connectivity index (χ1) is 14.1. The minimum Gasteiger partial charge on any atom is -0.492 e. The number of para-hydroxylation sites is 1. The largest absolute Gasteiger partial charge is 0.492 e. The fourth-order valence-electron chi connectivity index (χ4n) is 2.63. The van der Waals surface area contributed by atoms with Gasteiger partial charge in [-0.1, -0.05) is 62.2 Å². The molecule has 0 bridgehead atoms. The van der Waals surface area contributed by atoms with Crippen LogP contribution in [0.25, 0.3) is 0 Å². The van der Waals surface area contributed by atoms with Gasteiger partial charge in [0, 0.05) is 12.8 Å². The van der Waals surface area contributed by atoms with Crippen LogP contribution in [0.1, 0.15) is 48.5 Å². The molecule has 2 rings (SSSR count). The zero-order valence-electron chi connectivity index (χ0n) is 16.6. The Morgan fingerprint density at radius 2 is 1.69 bits per heavy atom. The second-order valence-electron chi connectivity index (χ2n) is 6.49. The van der Waals surface area contributed by atoms with E-state index >= 15 is 0 Å². The van der Waals surface area contributed by atoms with Crippen molar-refractivity contribution in [2.45, 2.75) is 39.0 Å². The van der Waals surface area contributed by atoms with E-state index < -0.39 is 5.91 Å². The molecule has 29 heavy (non-hydrogen) atoms. The maximum Gasteiger partial charge on any atom is 0.261 e. The molecule has 2 amide bonds. The fraction of sp³-hybridized carbons (Fsp3) is 0.318. The summed E-state index contributed by atoms with van der Waals surface area (Å²) in [5.74, 6) is -0.0925. The molecule has 0 saturated heterocycles. The van der Waals surface area contributed by atoms with Crippen molar-refractivity contribution in [1.82, 2.24) is 16.2 Å². The van der Waals surface area contributed by atoms with E-state index in [0.29, 0.717) is 24.3 Å². The Labute approximate surface area is 177 Å². The molecule has 0 heterocycles. The van der Waals surface area contributed by atoms with E-state index in [1.54, 1.807) is 18.2 Å². The third-order valence-electron chi connectivity index (χ3n) is 4.17. The molecule has 0 radical (unpaired) electrons. The summed E-state index contributed by atoms with van der Waals surface area (Å²) in [6.07, 6.45) is 4.00. The van der Waals surface area contributed by atoms with Gasteiger partial charge in [0.25, 0.3) is 5.91 Å². The molecule has 0 aliphatic carbocycles. The highest BCUT2D eigenvalue weighted by molar-refractivity contribution is 7.80. The van der Waals surface area contributed by atoms with Crippen molar-refractivity contribution in [3.05, 3.63) is 65.7 Å². The first kappa shape index (κ1) is 22.4. The molecule has 3 N–H and O–H groups in total. The van der Waals surface area contributed by atoms with Crippen LogP contribution in [0.4, 0.5) is 0 Å². The summed E-state index contributed by atoms with van der Waals surface area (Å²) >= 11 is 5.08. The van der Waals surface area contributed by atoms with Gasteiger partial charge in [-0.2, -0.15) is 0 Å². The van der Waals surface area contributed by atoms with Crippen LogP contribution in [-0.4, -0.2) is 23.5 Å². The van der Waals surface area contributed by atoms with E-state index in [2.05, 4.69) is 23.1 Å². The van der Waals surface area contributed by atoms with E-state index in [1.807, 2.05) is 36.4 Å². The van der Waals surface area contributed by atoms with E-state index in [1.165, 1.54) is 0 Å². The van der Waals surface area contributed by atoms with E-state index in [-0.39, 0.29) is 11.0 Å². The number of amides is 2. The predicted octanol–water partition coefficient (Wildman–Crippen LogP) is 3.52. The predicted molar refractivity (Wildman–Crippen MR) is 118 cm³/mol. The van der Waals surface area contributed by atoms with Gasteiger partial charge in [0.05, 0.1) is 12.2 Å². The molecule has 0 saturated carbocycles. The SMILES string of the molecule is CCCCCC(=O)NNC(=S)NC(=O)c1ccccc1OCCc1ccccc1. The molecule has 0 atom stereocenters. The number of carbonyl (C=O) groups excluding carboxylic acids is 2. The molecule has 6 nitrogen and oxygen atoms in total. The Bertz CT molecular complexity index is 812. The molecule has 7 heteroatoms. The Morgan fingerprint density at radius 3 is 2.45 bits per heavy atom. The lowest BCUT2D eigenvalue weighted by Gasteiger charge is -2.13. The molecule has 0 aliphatic heterocycles. The van der Waals surface area contributed by atoms with Gasteiger partial charge >= 0.3 is 0 Å². The number of rotatable bonds is 9. The van der Waals surface area contributed by atoms with Crippen molar-refractivity contribution in [3.63, 3.8) is 0 Å². The van der Waals surface area contributed by atoms with Crippen molar-refractivity contribution in [1.29, 1.82) is 0 Å². The number of hydrogen-bond donors (Lipinski definition) is 3. The van der Waals surface area contributed by atoms with Crippen LogP contribution >= 0.6 is 12.2 Å². The number of unbranched alkanes of at least 4 members (excludes halogenated alkanes) is 2. The Morgan fingerprint density at radius 1 is 0.966 bits per heavy atom. The summed E-state index contributed by atoms with van der Waals surface area (Å²) in [5.41, 5.74) is 6.58. The van der Waals surface area contributed by atoms with E-state index in [4.69, 9.17) is 17.0 Å². The molecule has 154 valence electrons. The summed E-state index contributed by atoms with van der Waals surface area (Å²) in [6, 6.07) is 17.0. The Hall–Kier alpha value is -2.93. The van der Waals surface area contributed by atoms with Crippen LogP contribution in [0.15, 0.2) is 54.6 Å². The van der Waals surface area contributed by atoms with Gasteiger partial charge in [0.15, 0.2) is 5.11 Å². The minimum atomic E-state index is -0.405. The smallest absolute Gasteiger partial charge is 0.261 e. The van der Waals surface area contributed by atoms with Gasteiger partial charge in [0.1, 0.15) is 5.75 Å². The number of hydrogen-bond acceptors (Lipinski definition) is 4. The Balaban J connectivity index is 1.82. The Kier molecular flexibility index (Phi) is 9.65. The van der Waals surface area contributed by atoms with Gasteiger partial charge in [-0.05, 0) is 36.3 Å². The van der Waals surface area contributed by atoms with Crippen molar-refractivity contribution < 1.29 is 14.3 Å². The summed E-state index contributed by atoms with van der Waals surface area (Å²) in [5, 5.41) is 2.58. The lowest BCUT2D eigenvalue weighted by molar-refractivity contribution is -0.121. The van der Waals surface area contributed by atoms with Gasteiger partial charge < -0.3 is 4.74 Å². The van der Waals surface area contributed by atoms with E-state index in [9.17, 15) is 9.59 Å². The third-order valence-corrected chi connectivity index (χ3v) is 4.38. The first-order valence-corrected chi connectivity index (χ1v) is 10.2. The van der Waals surface area contributed by atoms with E-state index in [0.717, 1.165) is 31.2 Å². The summed E-state index contributed by atoms with van der Waals surface area (Å²) < 4.78 is 5.80. The number of thiocarbonyl (C=S) groups is 1. The number of hydrazine groups is 1. The summed E-state index contributed by atoms with van der Waals surface area (Å²) in [7, 11) is 0. The molecular formula is C22H27N3O3S. The fourth-order valence-corrected chi connectivity index (χ4v) is 2.77. The number of carbonyl (C=O) groups is 2. The van der Waals surface area contributed by atoms with Crippen molar-refractivity contribution >= 4 is 29.1 Å². The molecule has 0 unspecified atom stereocenters. The van der Waals surface area contributed by atoms with Crippen LogP contribution < -0.4 is 20.9 Å². The normalized spacial score (nSPS) is 10.1. The molecule has 0 fully saturated rings. The van der Waals surface area contributed by atoms with Crippen LogP contribution in [0.2, 0.25) is 0 Å². The number of nitrogens with one attached hydrogen (secondary N) is 3. The number of benzene rings is 2. The van der Waals surface area contributed by atoms with Crippen molar-refractivity contribution in [2.24, 2.45) is 0 Å². The van der Waals surface area contributed by atoms with Crippen LogP contribution in [0, 0.1) is 0 Å². The zero-order valence-corrected chi connectivity index (χ0v) is 17.4. The van der Waals surface area contributed by atoms with Gasteiger partial charge in [-0.3, -0.25) is 25.8 Å². The second kappa shape index (κ2) is 12.5. The van der Waals surface area contributed by atoms with Crippen LogP contribution in [0.3, 0.4) is 0 Å². The highest BCUT2D eigenvalue weighted by atomic mass is 32.1. The molecule has 0 aromatic heterocycles. The topological polar surface area (TPSA) is 79.5 Å². The minimum absolute atomic E-state index is 0.0259. The van der Waals surface area contributed by atoms with Crippen LogP contribution in [0.5, 0.6) is 5.75 Å². The zero-order chi connectivity index (χ0) is 20.9. The van der Waals surface area contributed by atoms with Crippen molar-refractivity contribution in [2.75, 3.05) is 6.61 Å². The van der Waals surface area contributed by atoms with Gasteiger partial charge in [-0.15, -0.1) is 0 Å². The quantitative estimate of drug-likeness (QED) is 0.333.